The van der Waals surface area contributed by atoms with E-state index in [1.54, 1.807) is 7.11 Å². The molecule has 3 rings (SSSR count). The van der Waals surface area contributed by atoms with Crippen molar-refractivity contribution in [1.82, 2.24) is 11.0 Å². The highest BCUT2D eigenvalue weighted by molar-refractivity contribution is 5.72. The predicted molar refractivity (Wildman–Crippen MR) is 129 cm³/mol. The van der Waals surface area contributed by atoms with E-state index >= 15 is 0 Å². The van der Waals surface area contributed by atoms with E-state index in [0.717, 1.165) is 45.0 Å². The molecule has 3 aromatic rings. The molecule has 3 aromatic carbocycles. The quantitative estimate of drug-likeness (QED) is 0.237. The number of benzene rings is 3. The number of nitriles is 1. The van der Waals surface area contributed by atoms with Crippen LogP contribution in [0.4, 0.5) is 5.69 Å². The third-order valence-electron chi connectivity index (χ3n) is 4.92. The summed E-state index contributed by atoms with van der Waals surface area (Å²) in [6, 6.07) is 20.1. The first kappa shape index (κ1) is 25.2. The Morgan fingerprint density at radius 2 is 1.88 bits per heavy atom. The summed E-state index contributed by atoms with van der Waals surface area (Å²) in [6.45, 7) is 4.40. The second-order valence-electron chi connectivity index (χ2n) is 7.07. The van der Waals surface area contributed by atoms with Gasteiger partial charge in [0.1, 0.15) is 18.1 Å². The van der Waals surface area contributed by atoms with Gasteiger partial charge in [-0.2, -0.15) is 10.8 Å². The highest BCUT2D eigenvalue weighted by atomic mass is 16.5. The largest absolute Gasteiger partial charge is 0.496 e. The number of aryl methyl sites for hydroxylation is 2. The van der Waals surface area contributed by atoms with Crippen molar-refractivity contribution in [2.75, 3.05) is 19.5 Å². The zero-order chi connectivity index (χ0) is 24.2. The van der Waals surface area contributed by atoms with Crippen molar-refractivity contribution in [1.29, 1.82) is 5.26 Å². The first-order chi connectivity index (χ1) is 16.0. The number of methoxy groups -OCH3 is 1. The van der Waals surface area contributed by atoms with E-state index in [1.165, 1.54) is 0 Å². The Morgan fingerprint density at radius 1 is 1.09 bits per heavy atom. The Bertz CT molecular complexity index is 1100. The van der Waals surface area contributed by atoms with Crippen LogP contribution >= 0.6 is 0 Å². The summed E-state index contributed by atoms with van der Waals surface area (Å²) in [5.41, 5.74) is 10.5. The maximum absolute atomic E-state index is 9.44. The minimum absolute atomic E-state index is 0.397. The van der Waals surface area contributed by atoms with Crippen molar-refractivity contribution in [3.63, 3.8) is 0 Å². The molecule has 0 heterocycles. The van der Waals surface area contributed by atoms with Crippen molar-refractivity contribution in [3.8, 4) is 28.7 Å². The summed E-state index contributed by atoms with van der Waals surface area (Å²) < 4.78 is 11.6. The highest BCUT2D eigenvalue weighted by Gasteiger charge is 2.11. The van der Waals surface area contributed by atoms with Crippen LogP contribution in [0.5, 0.6) is 11.5 Å². The number of hydrogen-bond donors (Lipinski definition) is 4. The number of anilines is 1. The fourth-order valence-electron chi connectivity index (χ4n) is 3.31. The van der Waals surface area contributed by atoms with Gasteiger partial charge in [0, 0.05) is 12.7 Å². The number of carbonyl (C=O) groups is 1. The Morgan fingerprint density at radius 3 is 2.45 bits per heavy atom. The van der Waals surface area contributed by atoms with Crippen molar-refractivity contribution < 1.29 is 14.3 Å². The van der Waals surface area contributed by atoms with Gasteiger partial charge in [0.05, 0.1) is 24.3 Å². The van der Waals surface area contributed by atoms with Crippen LogP contribution < -0.4 is 31.6 Å². The lowest BCUT2D eigenvalue weighted by Crippen LogP contribution is -2.36. The van der Waals surface area contributed by atoms with Crippen LogP contribution in [0.15, 0.2) is 54.6 Å². The molecule has 0 bridgehead atoms. The zero-order valence-electron chi connectivity index (χ0n) is 19.2. The van der Waals surface area contributed by atoms with Crippen LogP contribution in [0, 0.1) is 25.2 Å². The number of rotatable bonds is 8. The van der Waals surface area contributed by atoms with Crippen LogP contribution in [0.1, 0.15) is 22.3 Å². The van der Waals surface area contributed by atoms with E-state index in [0.29, 0.717) is 18.6 Å². The average molecular weight is 448 g/mol. The van der Waals surface area contributed by atoms with Gasteiger partial charge in [0.15, 0.2) is 0 Å². The third-order valence-corrected chi connectivity index (χ3v) is 4.92. The number of amides is 1. The highest BCUT2D eigenvalue weighted by Crippen LogP contribution is 2.31. The smallest absolute Gasteiger partial charge is 0.222 e. The summed E-state index contributed by atoms with van der Waals surface area (Å²) in [5.74, 6) is 6.15. The molecule has 8 heteroatoms. The van der Waals surface area contributed by atoms with E-state index < -0.39 is 0 Å². The monoisotopic (exact) mass is 447 g/mol. The molecule has 0 unspecified atom stereocenters. The van der Waals surface area contributed by atoms with Gasteiger partial charge in [0.25, 0.3) is 0 Å². The molecule has 0 fully saturated rings. The van der Waals surface area contributed by atoms with Crippen molar-refractivity contribution >= 4 is 12.1 Å². The van der Waals surface area contributed by atoms with Gasteiger partial charge in [-0.1, -0.05) is 24.3 Å². The average Bonchev–Trinajstić information content (AvgIpc) is 2.83. The lowest BCUT2D eigenvalue weighted by atomic mass is 9.97. The Kier molecular flexibility index (Phi) is 9.71. The zero-order valence-corrected chi connectivity index (χ0v) is 19.2. The summed E-state index contributed by atoms with van der Waals surface area (Å²) >= 11 is 0. The van der Waals surface area contributed by atoms with Gasteiger partial charge in [-0.25, -0.2) is 0 Å². The second-order valence-corrected chi connectivity index (χ2v) is 7.07. The molecule has 0 aliphatic carbocycles. The standard InChI is InChI=1S/C24H24N2O2.CH5N3O/c1-16-8-10-20(19(12-16)14-25)18-9-11-23(17(2)13-18)28-15-21-22(26-3)6-5-7-24(21)27-4;2-4-3-1-5/h5-13,26H,15H2,1-4H3;1,4H,2H2,(H,3,5). The number of carbonyl (C=O) groups excluding carboxylic acids is 1. The topological polar surface area (TPSA) is 121 Å². The maximum Gasteiger partial charge on any atom is 0.222 e. The summed E-state index contributed by atoms with van der Waals surface area (Å²) in [6.07, 6.45) is 0.444. The number of nitrogens with two attached hydrogens (primary N) is 1. The fourth-order valence-corrected chi connectivity index (χ4v) is 3.31. The molecular formula is C25H29N5O3. The number of nitrogens with one attached hydrogen (secondary N) is 3. The first-order valence-electron chi connectivity index (χ1n) is 10.2. The molecule has 0 atom stereocenters. The van der Waals surface area contributed by atoms with Gasteiger partial charge in [-0.3, -0.25) is 16.1 Å². The van der Waals surface area contributed by atoms with Crippen molar-refractivity contribution in [2.45, 2.75) is 20.5 Å². The number of nitrogens with zero attached hydrogens (tertiary/aromatic N) is 1. The number of hydrogen-bond acceptors (Lipinski definition) is 7. The van der Waals surface area contributed by atoms with Gasteiger partial charge in [-0.05, 0) is 66.4 Å². The Balaban J connectivity index is 0.000000696. The third kappa shape index (κ3) is 6.71. The Labute approximate surface area is 194 Å². The Hall–Kier alpha value is -4.06. The molecule has 33 heavy (non-hydrogen) atoms. The minimum atomic E-state index is 0.397. The van der Waals surface area contributed by atoms with Crippen LogP contribution in [0.2, 0.25) is 0 Å². The van der Waals surface area contributed by atoms with Gasteiger partial charge >= 0.3 is 0 Å². The molecule has 0 saturated carbocycles. The molecule has 1 amide bonds. The molecule has 172 valence electrons. The van der Waals surface area contributed by atoms with Crippen LogP contribution in [-0.2, 0) is 11.4 Å². The molecule has 0 saturated heterocycles. The lowest BCUT2D eigenvalue weighted by molar-refractivity contribution is -0.110. The van der Waals surface area contributed by atoms with E-state index in [-0.39, 0.29) is 0 Å². The van der Waals surface area contributed by atoms with E-state index in [2.05, 4.69) is 23.3 Å². The minimum Gasteiger partial charge on any atom is -0.496 e. The van der Waals surface area contributed by atoms with Gasteiger partial charge < -0.3 is 14.8 Å². The SMILES string of the molecule is CNc1cccc(OC)c1COc1ccc(-c2ccc(C)cc2C#N)cc1C.NNNC=O. The number of hydrazine groups is 2. The normalized spacial score (nSPS) is 9.70. The predicted octanol–water partition coefficient (Wildman–Crippen LogP) is 3.58. The van der Waals surface area contributed by atoms with Crippen molar-refractivity contribution in [2.24, 2.45) is 5.84 Å². The maximum atomic E-state index is 9.44. The molecule has 0 radical (unpaired) electrons. The fraction of sp³-hybridized carbons (Fsp3) is 0.200. The van der Waals surface area contributed by atoms with E-state index in [1.807, 2.05) is 80.4 Å². The molecule has 0 spiro atoms. The molecule has 5 N–H and O–H groups in total. The van der Waals surface area contributed by atoms with Crippen LogP contribution in [0.3, 0.4) is 0 Å². The van der Waals surface area contributed by atoms with Crippen LogP contribution in [0.25, 0.3) is 11.1 Å². The summed E-state index contributed by atoms with van der Waals surface area (Å²) in [4.78, 5) is 9.15. The van der Waals surface area contributed by atoms with E-state index in [9.17, 15) is 5.26 Å². The molecule has 0 aromatic heterocycles. The summed E-state index contributed by atoms with van der Waals surface area (Å²) in [7, 11) is 3.54. The second kappa shape index (κ2) is 12.7. The van der Waals surface area contributed by atoms with Crippen LogP contribution in [-0.4, -0.2) is 20.6 Å². The molecule has 0 aliphatic heterocycles. The van der Waals surface area contributed by atoms with Gasteiger partial charge in [-0.15, -0.1) is 0 Å². The molecule has 8 nitrogen and oxygen atoms in total. The lowest BCUT2D eigenvalue weighted by Gasteiger charge is -2.16. The summed E-state index contributed by atoms with van der Waals surface area (Å²) in [5, 5.41) is 12.6. The first-order valence-corrected chi connectivity index (χ1v) is 10.2. The molecular weight excluding hydrogens is 418 g/mol. The number of ether oxygens (including phenoxy) is 2. The van der Waals surface area contributed by atoms with Crippen molar-refractivity contribution in [3.05, 3.63) is 76.9 Å². The van der Waals surface area contributed by atoms with Gasteiger partial charge in [0.2, 0.25) is 6.41 Å². The molecule has 0 aliphatic rings. The van der Waals surface area contributed by atoms with E-state index in [4.69, 9.17) is 14.3 Å².